The first kappa shape index (κ1) is 15.9. The van der Waals surface area contributed by atoms with E-state index in [2.05, 4.69) is 27.1 Å². The molecule has 1 aromatic carbocycles. The molecule has 1 fully saturated rings. The van der Waals surface area contributed by atoms with Crippen LogP contribution in [0.2, 0.25) is 0 Å². The van der Waals surface area contributed by atoms with E-state index in [1.165, 1.54) is 18.5 Å². The lowest BCUT2D eigenvalue weighted by Crippen LogP contribution is -2.18. The highest BCUT2D eigenvalue weighted by Crippen LogP contribution is 2.22. The van der Waals surface area contributed by atoms with Gasteiger partial charge in [-0.1, -0.05) is 0 Å². The summed E-state index contributed by atoms with van der Waals surface area (Å²) >= 11 is 0. The Labute approximate surface area is 123 Å². The molecule has 118 valence electrons. The minimum atomic E-state index is -4.24. The Hall–Kier alpha value is -1.43. The SMILES string of the molecule is FC(F)(F)COCCCNc1ccc(N2CCCC2)cc1. The summed E-state index contributed by atoms with van der Waals surface area (Å²) in [5.41, 5.74) is 2.21. The number of halogens is 3. The summed E-state index contributed by atoms with van der Waals surface area (Å²) in [6.45, 7) is 1.77. The van der Waals surface area contributed by atoms with Gasteiger partial charge in [-0.05, 0) is 43.5 Å². The van der Waals surface area contributed by atoms with Gasteiger partial charge in [0, 0.05) is 37.6 Å². The lowest BCUT2D eigenvalue weighted by Gasteiger charge is -2.18. The van der Waals surface area contributed by atoms with E-state index >= 15 is 0 Å². The fourth-order valence-corrected chi connectivity index (χ4v) is 2.36. The highest BCUT2D eigenvalue weighted by atomic mass is 19.4. The summed E-state index contributed by atoms with van der Waals surface area (Å²) in [5.74, 6) is 0. The molecule has 21 heavy (non-hydrogen) atoms. The van der Waals surface area contributed by atoms with Crippen LogP contribution in [0.3, 0.4) is 0 Å². The van der Waals surface area contributed by atoms with E-state index in [0.717, 1.165) is 18.8 Å². The van der Waals surface area contributed by atoms with E-state index in [1.54, 1.807) is 0 Å². The Bertz CT molecular complexity index is 414. The van der Waals surface area contributed by atoms with E-state index in [1.807, 2.05) is 12.1 Å². The van der Waals surface area contributed by atoms with E-state index in [-0.39, 0.29) is 6.61 Å². The molecule has 0 bridgehead atoms. The summed E-state index contributed by atoms with van der Waals surface area (Å²) < 4.78 is 40.1. The number of nitrogens with zero attached hydrogens (tertiary/aromatic N) is 1. The van der Waals surface area contributed by atoms with Crippen molar-refractivity contribution in [2.24, 2.45) is 0 Å². The molecule has 1 aromatic rings. The van der Waals surface area contributed by atoms with Crippen molar-refractivity contribution < 1.29 is 17.9 Å². The van der Waals surface area contributed by atoms with Gasteiger partial charge in [0.1, 0.15) is 6.61 Å². The Morgan fingerprint density at radius 1 is 1.10 bits per heavy atom. The van der Waals surface area contributed by atoms with Crippen molar-refractivity contribution in [1.82, 2.24) is 0 Å². The molecule has 1 saturated heterocycles. The highest BCUT2D eigenvalue weighted by Gasteiger charge is 2.27. The first-order valence-corrected chi connectivity index (χ1v) is 7.28. The maximum atomic E-state index is 11.9. The average molecular weight is 302 g/mol. The van der Waals surface area contributed by atoms with Crippen LogP contribution in [0.1, 0.15) is 19.3 Å². The number of alkyl halides is 3. The summed E-state index contributed by atoms with van der Waals surface area (Å²) in [6, 6.07) is 8.16. The first-order chi connectivity index (χ1) is 10.0. The molecule has 0 amide bonds. The molecule has 6 heteroatoms. The zero-order chi connectivity index (χ0) is 15.1. The third-order valence-corrected chi connectivity index (χ3v) is 3.40. The molecule has 0 aromatic heterocycles. The summed E-state index contributed by atoms with van der Waals surface area (Å²) in [6.07, 6.45) is -1.20. The molecular weight excluding hydrogens is 281 g/mol. The predicted octanol–water partition coefficient (Wildman–Crippen LogP) is 3.67. The zero-order valence-corrected chi connectivity index (χ0v) is 12.0. The number of rotatable bonds is 7. The number of hydrogen-bond acceptors (Lipinski definition) is 3. The molecule has 0 spiro atoms. The minimum Gasteiger partial charge on any atom is -0.385 e. The highest BCUT2D eigenvalue weighted by molar-refractivity contribution is 5.55. The van der Waals surface area contributed by atoms with Gasteiger partial charge < -0.3 is 15.0 Å². The molecule has 2 rings (SSSR count). The van der Waals surface area contributed by atoms with E-state index < -0.39 is 12.8 Å². The topological polar surface area (TPSA) is 24.5 Å². The fraction of sp³-hybridized carbons (Fsp3) is 0.600. The Morgan fingerprint density at radius 2 is 1.76 bits per heavy atom. The molecule has 3 nitrogen and oxygen atoms in total. The largest absolute Gasteiger partial charge is 0.411 e. The Morgan fingerprint density at radius 3 is 2.38 bits per heavy atom. The van der Waals surface area contributed by atoms with Gasteiger partial charge in [0.2, 0.25) is 0 Å². The smallest absolute Gasteiger partial charge is 0.385 e. The van der Waals surface area contributed by atoms with Crippen LogP contribution in [0.4, 0.5) is 24.5 Å². The van der Waals surface area contributed by atoms with E-state index in [4.69, 9.17) is 0 Å². The maximum absolute atomic E-state index is 11.9. The third kappa shape index (κ3) is 5.83. The van der Waals surface area contributed by atoms with Crippen LogP contribution in [-0.2, 0) is 4.74 Å². The van der Waals surface area contributed by atoms with Gasteiger partial charge in [0.25, 0.3) is 0 Å². The molecule has 1 N–H and O–H groups in total. The number of ether oxygens (including phenoxy) is 1. The van der Waals surface area contributed by atoms with Crippen molar-refractivity contribution in [3.05, 3.63) is 24.3 Å². The van der Waals surface area contributed by atoms with Gasteiger partial charge >= 0.3 is 6.18 Å². The van der Waals surface area contributed by atoms with Crippen LogP contribution in [0.5, 0.6) is 0 Å². The van der Waals surface area contributed by atoms with Gasteiger partial charge in [0.05, 0.1) is 0 Å². The van der Waals surface area contributed by atoms with Crippen LogP contribution < -0.4 is 10.2 Å². The Kier molecular flexibility index (Phi) is 5.73. The number of hydrogen-bond donors (Lipinski definition) is 1. The second-order valence-corrected chi connectivity index (χ2v) is 5.19. The number of anilines is 2. The summed E-state index contributed by atoms with van der Waals surface area (Å²) in [7, 11) is 0. The molecule has 1 heterocycles. The van der Waals surface area contributed by atoms with Gasteiger partial charge in [-0.25, -0.2) is 0 Å². The Balaban J connectivity index is 1.62. The van der Waals surface area contributed by atoms with E-state index in [0.29, 0.717) is 13.0 Å². The standard InChI is InChI=1S/C15H21F3N2O/c16-15(17,18)12-21-11-3-8-19-13-4-6-14(7-5-13)20-9-1-2-10-20/h4-7,19H,1-3,8-12H2. The fourth-order valence-electron chi connectivity index (χ4n) is 2.36. The van der Waals surface area contributed by atoms with Crippen molar-refractivity contribution >= 4 is 11.4 Å². The molecule has 1 aliphatic rings. The van der Waals surface area contributed by atoms with E-state index in [9.17, 15) is 13.2 Å². The van der Waals surface area contributed by atoms with Gasteiger partial charge in [-0.15, -0.1) is 0 Å². The minimum absolute atomic E-state index is 0.109. The summed E-state index contributed by atoms with van der Waals surface area (Å²) in [4.78, 5) is 2.36. The van der Waals surface area contributed by atoms with Gasteiger partial charge in [-0.2, -0.15) is 13.2 Å². The van der Waals surface area contributed by atoms with Crippen LogP contribution in [-0.4, -0.2) is 39.0 Å². The van der Waals surface area contributed by atoms with Crippen LogP contribution >= 0.6 is 0 Å². The van der Waals surface area contributed by atoms with Crippen molar-refractivity contribution in [2.45, 2.75) is 25.4 Å². The molecular formula is C15H21F3N2O. The quantitative estimate of drug-likeness (QED) is 0.778. The van der Waals surface area contributed by atoms with Gasteiger partial charge in [0.15, 0.2) is 0 Å². The lowest BCUT2D eigenvalue weighted by atomic mass is 10.2. The summed E-state index contributed by atoms with van der Waals surface area (Å²) in [5, 5.41) is 3.18. The normalized spacial score (nSPS) is 15.5. The lowest BCUT2D eigenvalue weighted by molar-refractivity contribution is -0.173. The zero-order valence-electron chi connectivity index (χ0n) is 12.0. The second-order valence-electron chi connectivity index (χ2n) is 5.19. The van der Waals surface area contributed by atoms with Crippen molar-refractivity contribution in [1.29, 1.82) is 0 Å². The van der Waals surface area contributed by atoms with Gasteiger partial charge in [-0.3, -0.25) is 0 Å². The number of nitrogens with one attached hydrogen (secondary N) is 1. The van der Waals surface area contributed by atoms with Crippen LogP contribution in [0, 0.1) is 0 Å². The van der Waals surface area contributed by atoms with Crippen LogP contribution in [0.15, 0.2) is 24.3 Å². The molecule has 0 atom stereocenters. The molecule has 0 aliphatic carbocycles. The first-order valence-electron chi connectivity index (χ1n) is 7.28. The van der Waals surface area contributed by atoms with Crippen molar-refractivity contribution in [3.8, 4) is 0 Å². The van der Waals surface area contributed by atoms with Crippen molar-refractivity contribution in [2.75, 3.05) is 43.1 Å². The second kappa shape index (κ2) is 7.54. The molecule has 1 aliphatic heterocycles. The molecule has 0 unspecified atom stereocenters. The third-order valence-electron chi connectivity index (χ3n) is 3.40. The number of benzene rings is 1. The van der Waals surface area contributed by atoms with Crippen molar-refractivity contribution in [3.63, 3.8) is 0 Å². The maximum Gasteiger partial charge on any atom is 0.411 e. The monoisotopic (exact) mass is 302 g/mol. The molecule has 0 saturated carbocycles. The predicted molar refractivity (Wildman–Crippen MR) is 77.9 cm³/mol. The average Bonchev–Trinajstić information content (AvgIpc) is 2.96. The molecule has 0 radical (unpaired) electrons. The van der Waals surface area contributed by atoms with Crippen LogP contribution in [0.25, 0.3) is 0 Å².